The van der Waals surface area contributed by atoms with E-state index in [2.05, 4.69) is 0 Å². The van der Waals surface area contributed by atoms with Crippen molar-refractivity contribution < 1.29 is 13.9 Å². The third-order valence-corrected chi connectivity index (χ3v) is 6.61. The lowest BCUT2D eigenvalue weighted by Crippen LogP contribution is -2.39. The van der Waals surface area contributed by atoms with Gasteiger partial charge in [-0.15, -0.1) is 0 Å². The van der Waals surface area contributed by atoms with Crippen LogP contribution in [0.25, 0.3) is 10.9 Å². The minimum Gasteiger partial charge on any atom is -0.378 e. The molecule has 0 saturated carbocycles. The summed E-state index contributed by atoms with van der Waals surface area (Å²) in [6.45, 7) is 2.61. The summed E-state index contributed by atoms with van der Waals surface area (Å²) in [5.41, 5.74) is 1.15. The quantitative estimate of drug-likeness (QED) is 0.612. The van der Waals surface area contributed by atoms with E-state index in [1.54, 1.807) is 36.9 Å². The molecule has 0 bridgehead atoms. The Balaban J connectivity index is 1.68. The van der Waals surface area contributed by atoms with Crippen molar-refractivity contribution in [3.63, 3.8) is 0 Å². The predicted molar refractivity (Wildman–Crippen MR) is 113 cm³/mol. The van der Waals surface area contributed by atoms with Crippen LogP contribution in [0.4, 0.5) is 4.39 Å². The maximum absolute atomic E-state index is 14.5. The molecule has 2 atom stereocenters. The number of fused-ring (bicyclic) bond motifs is 1. The average Bonchev–Trinajstić information content (AvgIpc) is 2.70. The zero-order chi connectivity index (χ0) is 20.6. The Hall–Kier alpha value is -2.15. The van der Waals surface area contributed by atoms with Crippen LogP contribution in [0.5, 0.6) is 0 Å². The van der Waals surface area contributed by atoms with Gasteiger partial charge in [-0.1, -0.05) is 11.8 Å². The fourth-order valence-electron chi connectivity index (χ4n) is 4.06. The predicted octanol–water partition coefficient (Wildman–Crippen LogP) is 4.87. The SMILES string of the molecule is COC1(c2cc(F)cc(Sc3ccc4c(ccc(=O)n4C)c3)c2)CCOC(C)C1. The first-order chi connectivity index (χ1) is 13.9. The molecule has 1 aromatic heterocycles. The summed E-state index contributed by atoms with van der Waals surface area (Å²) < 4.78 is 27.7. The summed E-state index contributed by atoms with van der Waals surface area (Å²) in [5.74, 6) is -0.274. The number of pyridine rings is 1. The van der Waals surface area contributed by atoms with Gasteiger partial charge >= 0.3 is 0 Å². The summed E-state index contributed by atoms with van der Waals surface area (Å²) in [5, 5.41) is 0.973. The maximum atomic E-state index is 14.5. The van der Waals surface area contributed by atoms with Gasteiger partial charge in [0.15, 0.2) is 0 Å². The molecule has 29 heavy (non-hydrogen) atoms. The van der Waals surface area contributed by atoms with Gasteiger partial charge in [0.05, 0.1) is 23.8 Å². The average molecular weight is 414 g/mol. The maximum Gasteiger partial charge on any atom is 0.250 e. The van der Waals surface area contributed by atoms with Crippen LogP contribution in [0.2, 0.25) is 0 Å². The Morgan fingerprint density at radius 2 is 2.00 bits per heavy atom. The second-order valence-electron chi connectivity index (χ2n) is 7.56. The Bertz CT molecular complexity index is 1110. The summed E-state index contributed by atoms with van der Waals surface area (Å²) in [7, 11) is 3.44. The highest BCUT2D eigenvalue weighted by Crippen LogP contribution is 2.40. The summed E-state index contributed by atoms with van der Waals surface area (Å²) in [6, 6.07) is 14.4. The van der Waals surface area contributed by atoms with Crippen LogP contribution in [-0.4, -0.2) is 24.4 Å². The van der Waals surface area contributed by atoms with Gasteiger partial charge in [-0.2, -0.15) is 0 Å². The van der Waals surface area contributed by atoms with E-state index in [1.807, 2.05) is 37.3 Å². The van der Waals surface area contributed by atoms with Gasteiger partial charge < -0.3 is 14.0 Å². The molecule has 4 nitrogen and oxygen atoms in total. The fraction of sp³-hybridized carbons (Fsp3) is 0.348. The van der Waals surface area contributed by atoms with Crippen LogP contribution in [0.15, 0.2) is 63.1 Å². The zero-order valence-electron chi connectivity index (χ0n) is 16.8. The largest absolute Gasteiger partial charge is 0.378 e. The molecule has 3 aromatic rings. The number of nitrogens with zero attached hydrogens (tertiary/aromatic N) is 1. The van der Waals surface area contributed by atoms with Crippen LogP contribution in [0, 0.1) is 5.82 Å². The van der Waals surface area contributed by atoms with E-state index in [0.29, 0.717) is 19.4 Å². The molecule has 4 rings (SSSR count). The number of benzene rings is 2. The lowest BCUT2D eigenvalue weighted by Gasteiger charge is -2.39. The molecular formula is C23H24FNO3S. The van der Waals surface area contributed by atoms with Crippen molar-refractivity contribution in [1.82, 2.24) is 4.57 Å². The van der Waals surface area contributed by atoms with Crippen molar-refractivity contribution in [3.8, 4) is 0 Å². The van der Waals surface area contributed by atoms with E-state index in [1.165, 1.54) is 11.8 Å². The molecule has 1 fully saturated rings. The number of hydrogen-bond donors (Lipinski definition) is 0. The highest BCUT2D eigenvalue weighted by atomic mass is 32.2. The van der Waals surface area contributed by atoms with E-state index in [4.69, 9.17) is 9.47 Å². The minimum atomic E-state index is -0.531. The normalized spacial score (nSPS) is 22.1. The molecule has 2 unspecified atom stereocenters. The van der Waals surface area contributed by atoms with Gasteiger partial charge in [0.25, 0.3) is 5.56 Å². The Morgan fingerprint density at radius 3 is 2.76 bits per heavy atom. The van der Waals surface area contributed by atoms with Gasteiger partial charge in [-0.3, -0.25) is 4.79 Å². The first-order valence-corrected chi connectivity index (χ1v) is 10.5. The smallest absolute Gasteiger partial charge is 0.250 e. The van der Waals surface area contributed by atoms with Gasteiger partial charge in [-0.05, 0) is 60.3 Å². The standard InChI is InChI=1S/C23H24FNO3S/c1-15-14-23(27-3,8-9-28-15)17-11-18(24)13-20(12-17)29-19-5-6-21-16(10-19)4-7-22(26)25(21)2/h4-7,10-13,15H,8-9,14H2,1-3H3. The molecule has 1 aliphatic heterocycles. The Labute approximate surface area is 173 Å². The molecule has 2 heterocycles. The van der Waals surface area contributed by atoms with Gasteiger partial charge in [0, 0.05) is 42.9 Å². The van der Waals surface area contributed by atoms with E-state index in [0.717, 1.165) is 26.3 Å². The molecule has 0 amide bonds. The number of ether oxygens (including phenoxy) is 2. The van der Waals surface area contributed by atoms with E-state index < -0.39 is 5.60 Å². The third-order valence-electron chi connectivity index (χ3n) is 5.65. The highest BCUT2D eigenvalue weighted by molar-refractivity contribution is 7.99. The van der Waals surface area contributed by atoms with Gasteiger partial charge in [0.1, 0.15) is 5.82 Å². The number of rotatable bonds is 4. The number of aryl methyl sites for hydroxylation is 1. The second kappa shape index (κ2) is 7.94. The van der Waals surface area contributed by atoms with Crippen molar-refractivity contribution in [3.05, 3.63) is 70.3 Å². The van der Waals surface area contributed by atoms with Crippen LogP contribution < -0.4 is 5.56 Å². The zero-order valence-corrected chi connectivity index (χ0v) is 17.6. The van der Waals surface area contributed by atoms with Crippen LogP contribution in [0.3, 0.4) is 0 Å². The molecule has 2 aromatic carbocycles. The molecular weight excluding hydrogens is 389 g/mol. The lowest BCUT2D eigenvalue weighted by atomic mass is 9.83. The van der Waals surface area contributed by atoms with Crippen molar-refractivity contribution in [2.45, 2.75) is 41.3 Å². The molecule has 0 radical (unpaired) electrons. The van der Waals surface area contributed by atoms with Crippen molar-refractivity contribution in [2.24, 2.45) is 7.05 Å². The minimum absolute atomic E-state index is 0.0387. The van der Waals surface area contributed by atoms with Crippen LogP contribution in [0.1, 0.15) is 25.3 Å². The fourth-order valence-corrected chi connectivity index (χ4v) is 5.01. The van der Waals surface area contributed by atoms with E-state index in [9.17, 15) is 9.18 Å². The summed E-state index contributed by atoms with van der Waals surface area (Å²) >= 11 is 1.50. The van der Waals surface area contributed by atoms with Gasteiger partial charge in [-0.25, -0.2) is 4.39 Å². The lowest BCUT2D eigenvalue weighted by molar-refractivity contribution is -0.122. The molecule has 6 heteroatoms. The molecule has 0 N–H and O–H groups in total. The highest BCUT2D eigenvalue weighted by Gasteiger charge is 2.38. The number of aromatic nitrogens is 1. The molecule has 1 saturated heterocycles. The summed E-state index contributed by atoms with van der Waals surface area (Å²) in [6.07, 6.45) is 1.46. The second-order valence-corrected chi connectivity index (χ2v) is 8.71. The van der Waals surface area contributed by atoms with E-state index in [-0.39, 0.29) is 17.5 Å². The molecule has 152 valence electrons. The topological polar surface area (TPSA) is 40.5 Å². The number of methoxy groups -OCH3 is 1. The van der Waals surface area contributed by atoms with Crippen molar-refractivity contribution in [2.75, 3.05) is 13.7 Å². The molecule has 0 spiro atoms. The third kappa shape index (κ3) is 3.97. The van der Waals surface area contributed by atoms with Crippen molar-refractivity contribution >= 4 is 22.7 Å². The Kier molecular flexibility index (Phi) is 5.51. The summed E-state index contributed by atoms with van der Waals surface area (Å²) in [4.78, 5) is 13.6. The Morgan fingerprint density at radius 1 is 1.17 bits per heavy atom. The first-order valence-electron chi connectivity index (χ1n) is 9.66. The molecule has 0 aliphatic carbocycles. The van der Waals surface area contributed by atoms with E-state index >= 15 is 0 Å². The van der Waals surface area contributed by atoms with Crippen molar-refractivity contribution in [1.29, 1.82) is 0 Å². The first kappa shape index (κ1) is 20.1. The van der Waals surface area contributed by atoms with Crippen LogP contribution in [-0.2, 0) is 22.1 Å². The molecule has 1 aliphatic rings. The number of hydrogen-bond acceptors (Lipinski definition) is 4. The van der Waals surface area contributed by atoms with Crippen LogP contribution >= 0.6 is 11.8 Å². The number of halogens is 1. The monoisotopic (exact) mass is 413 g/mol. The van der Waals surface area contributed by atoms with Gasteiger partial charge in [0.2, 0.25) is 0 Å².